The Balaban J connectivity index is 2.25. The van der Waals surface area contributed by atoms with Gasteiger partial charge in [-0.15, -0.1) is 0 Å². The lowest BCUT2D eigenvalue weighted by molar-refractivity contribution is 0.704. The molecule has 3 heteroatoms. The van der Waals surface area contributed by atoms with E-state index < -0.39 is 0 Å². The highest BCUT2D eigenvalue weighted by Gasteiger charge is 2.11. The van der Waals surface area contributed by atoms with Crippen molar-refractivity contribution >= 4 is 11.0 Å². The molecule has 0 fully saturated rings. The third-order valence-electron chi connectivity index (χ3n) is 3.02. The molecule has 0 radical (unpaired) electrons. The van der Waals surface area contributed by atoms with E-state index in [-0.39, 0.29) is 0 Å². The second-order valence-corrected chi connectivity index (χ2v) is 4.32. The van der Waals surface area contributed by atoms with Gasteiger partial charge in [-0.3, -0.25) is 4.98 Å². The maximum absolute atomic E-state index is 4.72. The van der Waals surface area contributed by atoms with Crippen LogP contribution in [0.2, 0.25) is 0 Å². The molecule has 2 heterocycles. The molecular weight excluding hydrogens is 222 g/mol. The summed E-state index contributed by atoms with van der Waals surface area (Å²) in [7, 11) is 0. The van der Waals surface area contributed by atoms with Gasteiger partial charge in [-0.25, -0.2) is 4.98 Å². The van der Waals surface area contributed by atoms with Gasteiger partial charge in [-0.05, 0) is 30.7 Å². The van der Waals surface area contributed by atoms with Gasteiger partial charge in [0.05, 0.1) is 11.0 Å². The Morgan fingerprint density at radius 3 is 2.78 bits per heavy atom. The van der Waals surface area contributed by atoms with E-state index in [0.29, 0.717) is 0 Å². The SMILES string of the molecule is CCCn1c(-c2cccnc2)nc2ccccc21. The van der Waals surface area contributed by atoms with E-state index in [9.17, 15) is 0 Å². The monoisotopic (exact) mass is 237 g/mol. The van der Waals surface area contributed by atoms with E-state index in [1.165, 1.54) is 5.52 Å². The van der Waals surface area contributed by atoms with E-state index in [0.717, 1.165) is 29.9 Å². The Hall–Kier alpha value is -2.16. The maximum Gasteiger partial charge on any atom is 0.142 e. The molecule has 0 saturated heterocycles. The van der Waals surface area contributed by atoms with Gasteiger partial charge in [-0.1, -0.05) is 19.1 Å². The second-order valence-electron chi connectivity index (χ2n) is 4.32. The predicted octanol–water partition coefficient (Wildman–Crippen LogP) is 3.51. The third kappa shape index (κ3) is 1.78. The molecular formula is C15H15N3. The van der Waals surface area contributed by atoms with Gasteiger partial charge in [-0.2, -0.15) is 0 Å². The number of aromatic nitrogens is 3. The summed E-state index contributed by atoms with van der Waals surface area (Å²) in [5.41, 5.74) is 3.31. The topological polar surface area (TPSA) is 30.7 Å². The first-order chi connectivity index (χ1) is 8.90. The molecule has 2 aromatic heterocycles. The number of hydrogen-bond acceptors (Lipinski definition) is 2. The summed E-state index contributed by atoms with van der Waals surface area (Å²) >= 11 is 0. The molecule has 1 aromatic carbocycles. The van der Waals surface area contributed by atoms with Gasteiger partial charge in [0.2, 0.25) is 0 Å². The molecule has 0 bridgehead atoms. The molecule has 0 unspecified atom stereocenters. The molecule has 90 valence electrons. The summed E-state index contributed by atoms with van der Waals surface area (Å²) in [4.78, 5) is 8.90. The van der Waals surface area contributed by atoms with Crippen molar-refractivity contribution in [1.82, 2.24) is 14.5 Å². The maximum atomic E-state index is 4.72. The molecule has 3 rings (SSSR count). The lowest BCUT2D eigenvalue weighted by atomic mass is 10.2. The summed E-state index contributed by atoms with van der Waals surface area (Å²) in [6, 6.07) is 12.3. The minimum atomic E-state index is 0.977. The van der Waals surface area contributed by atoms with Crippen LogP contribution >= 0.6 is 0 Å². The van der Waals surface area contributed by atoms with Crippen LogP contribution in [0.25, 0.3) is 22.4 Å². The van der Waals surface area contributed by atoms with Crippen molar-refractivity contribution in [3.05, 3.63) is 48.8 Å². The van der Waals surface area contributed by atoms with Crippen LogP contribution < -0.4 is 0 Å². The van der Waals surface area contributed by atoms with Gasteiger partial charge in [0.25, 0.3) is 0 Å². The van der Waals surface area contributed by atoms with Crippen molar-refractivity contribution in [2.24, 2.45) is 0 Å². The summed E-state index contributed by atoms with van der Waals surface area (Å²) < 4.78 is 2.27. The fourth-order valence-corrected chi connectivity index (χ4v) is 2.24. The average molecular weight is 237 g/mol. The van der Waals surface area contributed by atoms with Crippen LogP contribution in [0.3, 0.4) is 0 Å². The summed E-state index contributed by atoms with van der Waals surface area (Å²) in [6.45, 7) is 3.16. The van der Waals surface area contributed by atoms with Crippen LogP contribution in [-0.4, -0.2) is 14.5 Å². The van der Waals surface area contributed by atoms with Crippen LogP contribution in [0.4, 0.5) is 0 Å². The van der Waals surface area contributed by atoms with Crippen molar-refractivity contribution in [1.29, 1.82) is 0 Å². The summed E-state index contributed by atoms with van der Waals surface area (Å²) in [5.74, 6) is 1.01. The number of hydrogen-bond donors (Lipinski definition) is 0. The average Bonchev–Trinajstić information content (AvgIpc) is 2.80. The Morgan fingerprint density at radius 1 is 1.11 bits per heavy atom. The Bertz CT molecular complexity index is 656. The summed E-state index contributed by atoms with van der Waals surface area (Å²) in [6.07, 6.45) is 4.75. The molecule has 0 amide bonds. The van der Waals surface area contributed by atoms with E-state index in [4.69, 9.17) is 4.98 Å². The van der Waals surface area contributed by atoms with E-state index in [1.807, 2.05) is 18.3 Å². The number of benzene rings is 1. The van der Waals surface area contributed by atoms with Gasteiger partial charge in [0, 0.05) is 24.5 Å². The second kappa shape index (κ2) is 4.61. The third-order valence-corrected chi connectivity index (χ3v) is 3.02. The quantitative estimate of drug-likeness (QED) is 0.698. The largest absolute Gasteiger partial charge is 0.324 e. The fourth-order valence-electron chi connectivity index (χ4n) is 2.24. The highest BCUT2D eigenvalue weighted by Crippen LogP contribution is 2.24. The molecule has 18 heavy (non-hydrogen) atoms. The van der Waals surface area contributed by atoms with Crippen LogP contribution in [-0.2, 0) is 6.54 Å². The smallest absolute Gasteiger partial charge is 0.142 e. The van der Waals surface area contributed by atoms with Gasteiger partial charge < -0.3 is 4.57 Å². The molecule has 0 aliphatic rings. The van der Waals surface area contributed by atoms with Crippen molar-refractivity contribution < 1.29 is 0 Å². The first kappa shape index (κ1) is 11.0. The number of rotatable bonds is 3. The molecule has 0 atom stereocenters. The highest BCUT2D eigenvalue weighted by molar-refractivity contribution is 5.80. The lowest BCUT2D eigenvalue weighted by Crippen LogP contribution is -1.99. The Labute approximate surface area is 106 Å². The zero-order valence-corrected chi connectivity index (χ0v) is 10.4. The van der Waals surface area contributed by atoms with Gasteiger partial charge in [0.1, 0.15) is 5.82 Å². The summed E-state index contributed by atoms with van der Waals surface area (Å²) in [5, 5.41) is 0. The number of pyridine rings is 1. The van der Waals surface area contributed by atoms with E-state index in [1.54, 1.807) is 6.20 Å². The molecule has 0 spiro atoms. The molecule has 0 N–H and O–H groups in total. The number of nitrogens with zero attached hydrogens (tertiary/aromatic N) is 3. The molecule has 0 aliphatic carbocycles. The minimum absolute atomic E-state index is 0.977. The van der Waals surface area contributed by atoms with Crippen LogP contribution in [0.15, 0.2) is 48.8 Å². The number of aryl methyl sites for hydroxylation is 1. The first-order valence-electron chi connectivity index (χ1n) is 6.26. The van der Waals surface area contributed by atoms with Crippen LogP contribution in [0, 0.1) is 0 Å². The molecule has 0 saturated carbocycles. The van der Waals surface area contributed by atoms with E-state index in [2.05, 4.69) is 40.7 Å². The Morgan fingerprint density at radius 2 is 2.00 bits per heavy atom. The normalized spacial score (nSPS) is 10.9. The van der Waals surface area contributed by atoms with Gasteiger partial charge in [0.15, 0.2) is 0 Å². The zero-order valence-electron chi connectivity index (χ0n) is 10.4. The predicted molar refractivity (Wildman–Crippen MR) is 73.3 cm³/mol. The minimum Gasteiger partial charge on any atom is -0.324 e. The van der Waals surface area contributed by atoms with Gasteiger partial charge >= 0.3 is 0 Å². The van der Waals surface area contributed by atoms with Crippen LogP contribution in [0.5, 0.6) is 0 Å². The highest BCUT2D eigenvalue weighted by atomic mass is 15.1. The standard InChI is InChI=1S/C15H15N3/c1-2-10-18-14-8-4-3-7-13(14)17-15(18)12-6-5-9-16-11-12/h3-9,11H,2,10H2,1H3. The zero-order chi connectivity index (χ0) is 12.4. The number of para-hydroxylation sites is 2. The van der Waals surface area contributed by atoms with Crippen LogP contribution in [0.1, 0.15) is 13.3 Å². The molecule has 0 aliphatic heterocycles. The molecule has 3 nitrogen and oxygen atoms in total. The first-order valence-corrected chi connectivity index (χ1v) is 6.26. The number of imidazole rings is 1. The fraction of sp³-hybridized carbons (Fsp3) is 0.200. The lowest BCUT2D eigenvalue weighted by Gasteiger charge is -2.07. The molecule has 3 aromatic rings. The van der Waals surface area contributed by atoms with Crippen molar-refractivity contribution in [2.75, 3.05) is 0 Å². The van der Waals surface area contributed by atoms with E-state index >= 15 is 0 Å². The number of fused-ring (bicyclic) bond motifs is 1. The van der Waals surface area contributed by atoms with Crippen molar-refractivity contribution in [3.63, 3.8) is 0 Å². The van der Waals surface area contributed by atoms with Crippen molar-refractivity contribution in [2.45, 2.75) is 19.9 Å². The Kier molecular flexibility index (Phi) is 2.81. The van der Waals surface area contributed by atoms with Crippen molar-refractivity contribution in [3.8, 4) is 11.4 Å².